The molecule has 3 amide bonds. The summed E-state index contributed by atoms with van der Waals surface area (Å²) in [7, 11) is 0. The van der Waals surface area contributed by atoms with Crippen molar-refractivity contribution in [1.82, 2.24) is 14.9 Å². The van der Waals surface area contributed by atoms with Gasteiger partial charge in [0.25, 0.3) is 0 Å². The number of nitrogens with one attached hydrogen (secondary N) is 2. The van der Waals surface area contributed by atoms with Crippen LogP contribution in [0.5, 0.6) is 0 Å². The fourth-order valence-electron chi connectivity index (χ4n) is 4.77. The molecule has 2 aromatic heterocycles. The van der Waals surface area contributed by atoms with Crippen molar-refractivity contribution in [2.75, 3.05) is 23.3 Å². The minimum Gasteiger partial charge on any atom is -0.360 e. The third-order valence-corrected chi connectivity index (χ3v) is 6.57. The highest BCUT2D eigenvalue weighted by atomic mass is 16.2. The predicted octanol–water partition coefficient (Wildman–Crippen LogP) is 5.13. The summed E-state index contributed by atoms with van der Waals surface area (Å²) in [5.74, 6) is 0.879. The van der Waals surface area contributed by atoms with Crippen LogP contribution in [0.2, 0.25) is 0 Å². The number of anilines is 2. The van der Waals surface area contributed by atoms with E-state index in [1.54, 1.807) is 30.3 Å². The van der Waals surface area contributed by atoms with E-state index in [9.17, 15) is 9.59 Å². The molecule has 3 aromatic rings. The summed E-state index contributed by atoms with van der Waals surface area (Å²) in [6.45, 7) is 6.74. The first-order valence-electron chi connectivity index (χ1n) is 11.5. The van der Waals surface area contributed by atoms with Crippen molar-refractivity contribution in [3.8, 4) is 0 Å². The number of urea groups is 1. The van der Waals surface area contributed by atoms with Crippen molar-refractivity contribution in [3.05, 3.63) is 54.2 Å². The van der Waals surface area contributed by atoms with Gasteiger partial charge in [0.1, 0.15) is 5.82 Å². The molecule has 0 unspecified atom stereocenters. The van der Waals surface area contributed by atoms with Crippen LogP contribution in [0.25, 0.3) is 11.0 Å². The van der Waals surface area contributed by atoms with E-state index < -0.39 is 6.03 Å². The molecule has 1 aliphatic heterocycles. The molecule has 0 radical (unpaired) electrons. The van der Waals surface area contributed by atoms with Gasteiger partial charge >= 0.3 is 6.03 Å². The summed E-state index contributed by atoms with van der Waals surface area (Å²) < 4.78 is 0. The average molecular weight is 434 g/mol. The van der Waals surface area contributed by atoms with Gasteiger partial charge in [0.15, 0.2) is 0 Å². The van der Waals surface area contributed by atoms with Crippen LogP contribution in [0.4, 0.5) is 16.3 Å². The number of H-pyrrole nitrogens is 1. The van der Waals surface area contributed by atoms with Gasteiger partial charge in [0, 0.05) is 12.2 Å². The number of amides is 3. The minimum atomic E-state index is -0.534. The Bertz CT molecular complexity index is 1050. The zero-order valence-electron chi connectivity index (χ0n) is 18.8. The normalized spacial score (nSPS) is 15.2. The number of carbonyl (C=O) groups is 2. The second-order valence-corrected chi connectivity index (χ2v) is 8.36. The average Bonchev–Trinajstić information content (AvgIpc) is 3.25. The van der Waals surface area contributed by atoms with E-state index in [-0.39, 0.29) is 0 Å². The van der Waals surface area contributed by atoms with E-state index in [1.807, 2.05) is 12.1 Å². The molecule has 1 aromatic carbocycles. The standard InChI is InChI=1S/C25H31N5O2/c1-3-19(4-2)29-14-12-18(13-15-29)21-16-26-22-10-11-23(27-24(21)22)28-25(32)30(17-31)20-8-6-5-7-9-20/h5-11,16-19,26H,3-4,12-15H2,1-2H3,(H,27,28,32). The Morgan fingerprint density at radius 3 is 2.56 bits per heavy atom. The number of aromatic amines is 1. The lowest BCUT2D eigenvalue weighted by Gasteiger charge is -2.36. The third kappa shape index (κ3) is 4.53. The molecular weight excluding hydrogens is 402 g/mol. The zero-order valence-corrected chi connectivity index (χ0v) is 18.8. The van der Waals surface area contributed by atoms with E-state index in [0.29, 0.717) is 29.9 Å². The number of fused-ring (bicyclic) bond motifs is 1. The van der Waals surface area contributed by atoms with Gasteiger partial charge in [-0.25, -0.2) is 14.7 Å². The molecule has 7 heteroatoms. The smallest absolute Gasteiger partial charge is 0.334 e. The second-order valence-electron chi connectivity index (χ2n) is 8.36. The van der Waals surface area contributed by atoms with Gasteiger partial charge in [-0.1, -0.05) is 32.0 Å². The maximum Gasteiger partial charge on any atom is 0.334 e. The number of hydrogen-bond acceptors (Lipinski definition) is 4. The van der Waals surface area contributed by atoms with E-state index >= 15 is 0 Å². The number of aromatic nitrogens is 2. The Hall–Kier alpha value is -3.19. The summed E-state index contributed by atoms with van der Waals surface area (Å²) in [6.07, 6.45) is 7.17. The lowest BCUT2D eigenvalue weighted by Crippen LogP contribution is -2.40. The Labute approximate surface area is 188 Å². The van der Waals surface area contributed by atoms with Gasteiger partial charge < -0.3 is 9.88 Å². The Kier molecular flexibility index (Phi) is 6.85. The van der Waals surface area contributed by atoms with Crippen LogP contribution in [0, 0.1) is 0 Å². The Morgan fingerprint density at radius 2 is 1.91 bits per heavy atom. The second kappa shape index (κ2) is 9.96. The number of rotatable bonds is 7. The lowest BCUT2D eigenvalue weighted by atomic mass is 9.89. The topological polar surface area (TPSA) is 81.3 Å². The molecule has 1 saturated heterocycles. The van der Waals surface area contributed by atoms with E-state index in [2.05, 4.69) is 35.2 Å². The van der Waals surface area contributed by atoms with Gasteiger partial charge in [-0.3, -0.25) is 10.1 Å². The number of likely N-dealkylation sites (tertiary alicyclic amines) is 1. The number of nitrogens with zero attached hydrogens (tertiary/aromatic N) is 3. The van der Waals surface area contributed by atoms with Gasteiger partial charge in [-0.15, -0.1) is 0 Å². The number of para-hydroxylation sites is 1. The van der Waals surface area contributed by atoms with Crippen LogP contribution in [0.1, 0.15) is 51.0 Å². The molecule has 2 N–H and O–H groups in total. The van der Waals surface area contributed by atoms with Gasteiger partial charge in [0.2, 0.25) is 6.41 Å². The van der Waals surface area contributed by atoms with Crippen molar-refractivity contribution in [2.24, 2.45) is 0 Å². The maximum absolute atomic E-state index is 12.7. The fourth-order valence-corrected chi connectivity index (χ4v) is 4.77. The molecular formula is C25H31N5O2. The van der Waals surface area contributed by atoms with Crippen molar-refractivity contribution in [2.45, 2.75) is 51.5 Å². The van der Waals surface area contributed by atoms with E-state index in [1.165, 1.54) is 18.4 Å². The van der Waals surface area contributed by atoms with Crippen LogP contribution in [0.15, 0.2) is 48.7 Å². The molecule has 0 atom stereocenters. The first-order chi connectivity index (χ1) is 15.6. The zero-order chi connectivity index (χ0) is 22.5. The van der Waals surface area contributed by atoms with Crippen molar-refractivity contribution in [3.63, 3.8) is 0 Å². The molecule has 32 heavy (non-hydrogen) atoms. The molecule has 0 saturated carbocycles. The van der Waals surface area contributed by atoms with Crippen molar-refractivity contribution >= 4 is 35.0 Å². The third-order valence-electron chi connectivity index (χ3n) is 6.57. The number of imide groups is 1. The summed E-state index contributed by atoms with van der Waals surface area (Å²) in [4.78, 5) is 35.9. The SMILES string of the molecule is CCC(CC)N1CCC(c2c[nH]c3ccc(NC(=O)N(C=O)c4ccccc4)nc23)CC1. The molecule has 7 nitrogen and oxygen atoms in total. The van der Waals surface area contributed by atoms with Crippen LogP contribution in [0.3, 0.4) is 0 Å². The monoisotopic (exact) mass is 433 g/mol. The first kappa shape index (κ1) is 22.0. The number of piperidine rings is 1. The van der Waals surface area contributed by atoms with Crippen molar-refractivity contribution < 1.29 is 9.59 Å². The summed E-state index contributed by atoms with van der Waals surface area (Å²) >= 11 is 0. The lowest BCUT2D eigenvalue weighted by molar-refractivity contribution is -0.106. The number of carbonyl (C=O) groups excluding carboxylic acids is 2. The van der Waals surface area contributed by atoms with Gasteiger partial charge in [0.05, 0.1) is 16.7 Å². The highest BCUT2D eigenvalue weighted by Gasteiger charge is 2.26. The molecule has 1 fully saturated rings. The minimum absolute atomic E-state index is 0.431. The van der Waals surface area contributed by atoms with Gasteiger partial charge in [-0.2, -0.15) is 0 Å². The number of hydrogen-bond donors (Lipinski definition) is 2. The van der Waals surface area contributed by atoms with Crippen LogP contribution in [-0.4, -0.2) is 46.4 Å². The van der Waals surface area contributed by atoms with Crippen molar-refractivity contribution in [1.29, 1.82) is 0 Å². The first-order valence-corrected chi connectivity index (χ1v) is 11.5. The summed E-state index contributed by atoms with van der Waals surface area (Å²) in [5.41, 5.74) is 3.56. The van der Waals surface area contributed by atoms with Crippen LogP contribution in [-0.2, 0) is 4.79 Å². The molecule has 0 aliphatic carbocycles. The molecule has 3 heterocycles. The predicted molar refractivity (Wildman–Crippen MR) is 128 cm³/mol. The van der Waals surface area contributed by atoms with Gasteiger partial charge in [-0.05, 0) is 74.5 Å². The molecule has 0 bridgehead atoms. The summed E-state index contributed by atoms with van der Waals surface area (Å²) in [6, 6.07) is 12.6. The number of benzene rings is 1. The molecule has 0 spiro atoms. The quantitative estimate of drug-likeness (QED) is 0.507. The highest BCUT2D eigenvalue weighted by molar-refractivity contribution is 6.12. The summed E-state index contributed by atoms with van der Waals surface area (Å²) in [5, 5.41) is 2.76. The molecule has 4 rings (SSSR count). The van der Waals surface area contributed by atoms with E-state index in [4.69, 9.17) is 4.98 Å². The molecule has 1 aliphatic rings. The Balaban J connectivity index is 1.50. The van der Waals surface area contributed by atoms with Crippen LogP contribution >= 0.6 is 0 Å². The highest BCUT2D eigenvalue weighted by Crippen LogP contribution is 2.34. The Morgan fingerprint density at radius 1 is 1.19 bits per heavy atom. The van der Waals surface area contributed by atoms with E-state index in [0.717, 1.165) is 41.9 Å². The number of pyridine rings is 1. The molecule has 168 valence electrons. The van der Waals surface area contributed by atoms with Crippen LogP contribution < -0.4 is 10.2 Å². The largest absolute Gasteiger partial charge is 0.360 e. The maximum atomic E-state index is 12.7. The fraction of sp³-hybridized carbons (Fsp3) is 0.400.